The summed E-state index contributed by atoms with van der Waals surface area (Å²) in [6.07, 6.45) is 1.38. The molecular formula is C22H26N2O2. The zero-order chi connectivity index (χ0) is 18.8. The molecule has 0 bridgehead atoms. The molecule has 2 N–H and O–H groups in total. The molecule has 0 heterocycles. The van der Waals surface area contributed by atoms with Crippen molar-refractivity contribution in [3.8, 4) is 0 Å². The van der Waals surface area contributed by atoms with E-state index in [1.54, 1.807) is 0 Å². The monoisotopic (exact) mass is 350 g/mol. The van der Waals surface area contributed by atoms with E-state index in [1.165, 1.54) is 0 Å². The molecule has 0 aliphatic heterocycles. The minimum Gasteiger partial charge on any atom is -0.326 e. The van der Waals surface area contributed by atoms with E-state index in [0.29, 0.717) is 12.8 Å². The summed E-state index contributed by atoms with van der Waals surface area (Å²) in [5.74, 6) is -0.254. The fourth-order valence-electron chi connectivity index (χ4n) is 3.91. The molecule has 1 saturated carbocycles. The molecule has 26 heavy (non-hydrogen) atoms. The minimum absolute atomic E-state index is 0.0163. The van der Waals surface area contributed by atoms with Crippen LogP contribution in [-0.2, 0) is 9.59 Å². The van der Waals surface area contributed by atoms with E-state index in [1.807, 2.05) is 81.4 Å². The third-order valence-corrected chi connectivity index (χ3v) is 6.12. The maximum Gasteiger partial charge on any atom is 0.230 e. The van der Waals surface area contributed by atoms with E-state index in [2.05, 4.69) is 10.6 Å². The second-order valence-electron chi connectivity index (χ2n) is 7.82. The minimum atomic E-state index is -0.610. The van der Waals surface area contributed by atoms with Crippen LogP contribution in [0.2, 0.25) is 0 Å². The molecule has 4 nitrogen and oxygen atoms in total. The first-order valence-electron chi connectivity index (χ1n) is 9.07. The van der Waals surface area contributed by atoms with Gasteiger partial charge in [0.1, 0.15) is 0 Å². The Hall–Kier alpha value is -2.62. The molecule has 2 amide bonds. The van der Waals surface area contributed by atoms with Gasteiger partial charge in [-0.25, -0.2) is 0 Å². The van der Waals surface area contributed by atoms with Gasteiger partial charge in [0.25, 0.3) is 0 Å². The molecule has 1 aliphatic carbocycles. The first-order chi connectivity index (χ1) is 12.3. The highest BCUT2D eigenvalue weighted by atomic mass is 16.2. The van der Waals surface area contributed by atoms with E-state index < -0.39 is 10.8 Å². The standard InChI is InChI=1S/C22H26N2O2/c1-21(2)18(19(25)23-16-10-6-4-7-11-16)14-15-22(21,3)20(26)24-17-12-8-5-9-13-17/h4-13,18H,14-15H2,1-3H3,(H,23,25)(H,24,26). The van der Waals surface area contributed by atoms with Gasteiger partial charge in [0.05, 0.1) is 5.41 Å². The van der Waals surface area contributed by atoms with Crippen LogP contribution in [0.25, 0.3) is 0 Å². The molecule has 136 valence electrons. The number of nitrogens with one attached hydrogen (secondary N) is 2. The fourth-order valence-corrected chi connectivity index (χ4v) is 3.91. The summed E-state index contributed by atoms with van der Waals surface area (Å²) in [5, 5.41) is 6.01. The average molecular weight is 350 g/mol. The average Bonchev–Trinajstić information content (AvgIpc) is 2.87. The van der Waals surface area contributed by atoms with Gasteiger partial charge >= 0.3 is 0 Å². The van der Waals surface area contributed by atoms with E-state index in [9.17, 15) is 9.59 Å². The van der Waals surface area contributed by atoms with Gasteiger partial charge in [-0.05, 0) is 42.5 Å². The lowest BCUT2D eigenvalue weighted by Crippen LogP contribution is -2.46. The maximum atomic E-state index is 13.0. The van der Waals surface area contributed by atoms with Crippen LogP contribution in [-0.4, -0.2) is 11.8 Å². The van der Waals surface area contributed by atoms with Crippen LogP contribution in [0, 0.1) is 16.7 Å². The van der Waals surface area contributed by atoms with Crippen LogP contribution in [0.4, 0.5) is 11.4 Å². The molecule has 0 spiro atoms. The first kappa shape index (κ1) is 18.2. The van der Waals surface area contributed by atoms with E-state index in [4.69, 9.17) is 0 Å². The fraction of sp³-hybridized carbons (Fsp3) is 0.364. The Balaban J connectivity index is 1.76. The van der Waals surface area contributed by atoms with Crippen LogP contribution >= 0.6 is 0 Å². The SMILES string of the molecule is CC1(C(=O)Nc2ccccc2)CCC(C(=O)Nc2ccccc2)C1(C)C. The van der Waals surface area contributed by atoms with Crippen LogP contribution < -0.4 is 10.6 Å². The highest BCUT2D eigenvalue weighted by molar-refractivity contribution is 5.98. The van der Waals surface area contributed by atoms with Crippen molar-refractivity contribution in [1.29, 1.82) is 0 Å². The summed E-state index contributed by atoms with van der Waals surface area (Å²) in [5.41, 5.74) is 0.508. The Labute approximate surface area is 155 Å². The number of carbonyl (C=O) groups excluding carboxylic acids is 2. The number of hydrogen-bond donors (Lipinski definition) is 2. The molecule has 0 aromatic heterocycles. The molecule has 2 aromatic rings. The molecule has 1 fully saturated rings. The topological polar surface area (TPSA) is 58.2 Å². The zero-order valence-corrected chi connectivity index (χ0v) is 15.6. The van der Waals surface area contributed by atoms with Crippen molar-refractivity contribution in [3.63, 3.8) is 0 Å². The van der Waals surface area contributed by atoms with Gasteiger partial charge in [0.15, 0.2) is 0 Å². The summed E-state index contributed by atoms with van der Waals surface area (Å²) in [7, 11) is 0. The Bertz CT molecular complexity index is 786. The molecule has 4 heteroatoms. The lowest BCUT2D eigenvalue weighted by Gasteiger charge is -2.39. The molecule has 0 radical (unpaired) electrons. The predicted octanol–water partition coefficient (Wildman–Crippen LogP) is 4.71. The quantitative estimate of drug-likeness (QED) is 0.839. The van der Waals surface area contributed by atoms with Gasteiger partial charge in [-0.15, -0.1) is 0 Å². The summed E-state index contributed by atoms with van der Waals surface area (Å²) in [6, 6.07) is 18.9. The second-order valence-corrected chi connectivity index (χ2v) is 7.82. The number of hydrogen-bond acceptors (Lipinski definition) is 2. The van der Waals surface area contributed by atoms with Gasteiger partial charge in [-0.3, -0.25) is 9.59 Å². The summed E-state index contributed by atoms with van der Waals surface area (Å²) in [6.45, 7) is 6.03. The molecule has 0 saturated heterocycles. The number of anilines is 2. The molecule has 2 unspecified atom stereocenters. The van der Waals surface area contributed by atoms with Gasteiger partial charge in [0, 0.05) is 17.3 Å². The number of amides is 2. The smallest absolute Gasteiger partial charge is 0.230 e. The lowest BCUT2D eigenvalue weighted by molar-refractivity contribution is -0.133. The van der Waals surface area contributed by atoms with Crippen molar-refractivity contribution >= 4 is 23.2 Å². The van der Waals surface area contributed by atoms with Crippen LogP contribution in [0.1, 0.15) is 33.6 Å². The largest absolute Gasteiger partial charge is 0.326 e. The highest BCUT2D eigenvalue weighted by Crippen LogP contribution is 2.56. The van der Waals surface area contributed by atoms with E-state index in [-0.39, 0.29) is 17.7 Å². The van der Waals surface area contributed by atoms with Crippen LogP contribution in [0.5, 0.6) is 0 Å². The van der Waals surface area contributed by atoms with Gasteiger partial charge < -0.3 is 10.6 Å². The van der Waals surface area contributed by atoms with E-state index in [0.717, 1.165) is 11.4 Å². The van der Waals surface area contributed by atoms with Crippen molar-refractivity contribution < 1.29 is 9.59 Å². The Morgan fingerprint density at radius 2 is 1.35 bits per heavy atom. The summed E-state index contributed by atoms with van der Waals surface area (Å²) >= 11 is 0. The van der Waals surface area contributed by atoms with Crippen molar-refractivity contribution in [2.24, 2.45) is 16.7 Å². The third-order valence-electron chi connectivity index (χ3n) is 6.12. The Kier molecular flexibility index (Phi) is 4.86. The molecule has 1 aliphatic rings. The van der Waals surface area contributed by atoms with Crippen molar-refractivity contribution in [2.45, 2.75) is 33.6 Å². The van der Waals surface area contributed by atoms with Gasteiger partial charge in [-0.2, -0.15) is 0 Å². The van der Waals surface area contributed by atoms with Gasteiger partial charge in [0.2, 0.25) is 11.8 Å². The number of para-hydroxylation sites is 2. The molecule has 2 atom stereocenters. The number of benzene rings is 2. The molecular weight excluding hydrogens is 324 g/mol. The van der Waals surface area contributed by atoms with Crippen molar-refractivity contribution in [1.82, 2.24) is 0 Å². The number of rotatable bonds is 4. The van der Waals surface area contributed by atoms with E-state index >= 15 is 0 Å². The van der Waals surface area contributed by atoms with Crippen molar-refractivity contribution in [2.75, 3.05) is 10.6 Å². The molecule has 3 rings (SSSR count). The second kappa shape index (κ2) is 6.94. The van der Waals surface area contributed by atoms with Crippen LogP contribution in [0.3, 0.4) is 0 Å². The predicted molar refractivity (Wildman–Crippen MR) is 105 cm³/mol. The Morgan fingerprint density at radius 3 is 1.88 bits per heavy atom. The number of carbonyl (C=O) groups is 2. The lowest BCUT2D eigenvalue weighted by atomic mass is 9.65. The molecule has 2 aromatic carbocycles. The summed E-state index contributed by atoms with van der Waals surface area (Å²) in [4.78, 5) is 25.9. The summed E-state index contributed by atoms with van der Waals surface area (Å²) < 4.78 is 0. The Morgan fingerprint density at radius 1 is 0.846 bits per heavy atom. The zero-order valence-electron chi connectivity index (χ0n) is 15.6. The van der Waals surface area contributed by atoms with Crippen LogP contribution in [0.15, 0.2) is 60.7 Å². The van der Waals surface area contributed by atoms with Gasteiger partial charge in [-0.1, -0.05) is 57.2 Å². The normalized spacial score (nSPS) is 24.0. The van der Waals surface area contributed by atoms with Crippen molar-refractivity contribution in [3.05, 3.63) is 60.7 Å². The first-order valence-corrected chi connectivity index (χ1v) is 9.07. The maximum absolute atomic E-state index is 13.0. The highest BCUT2D eigenvalue weighted by Gasteiger charge is 2.57. The third kappa shape index (κ3) is 3.24.